The fourth-order valence-corrected chi connectivity index (χ4v) is 9.85. The van der Waals surface area contributed by atoms with Crippen molar-refractivity contribution in [3.05, 3.63) is 218 Å². The van der Waals surface area contributed by atoms with Gasteiger partial charge in [-0.1, -0.05) is 164 Å². The molecule has 9 aromatic carbocycles. The third-order valence-corrected chi connectivity index (χ3v) is 12.4. The van der Waals surface area contributed by atoms with Crippen LogP contribution < -0.4 is 4.90 Å². The average Bonchev–Trinajstić information content (AvgIpc) is 3.84. The highest BCUT2D eigenvalue weighted by Gasteiger charge is 2.21. The van der Waals surface area contributed by atoms with Crippen LogP contribution in [0.15, 0.2) is 218 Å². The predicted octanol–water partition coefficient (Wildman–Crippen LogP) is 15.6. The van der Waals surface area contributed by atoms with Gasteiger partial charge in [-0.05, 0) is 82.4 Å². The minimum absolute atomic E-state index is 1.11. The molecule has 268 valence electrons. The highest BCUT2D eigenvalue weighted by Crippen LogP contribution is 2.46. The van der Waals surface area contributed by atoms with E-state index in [9.17, 15) is 0 Å². The van der Waals surface area contributed by atoms with Gasteiger partial charge in [-0.3, -0.25) is 0 Å². The van der Waals surface area contributed by atoms with Gasteiger partial charge in [0.05, 0.1) is 21.4 Å². The number of hydrogen-bond donors (Lipinski definition) is 0. The third-order valence-electron chi connectivity index (χ3n) is 11.2. The molecule has 0 radical (unpaired) electrons. The first-order chi connectivity index (χ1) is 28.3. The number of anilines is 3. The van der Waals surface area contributed by atoms with Crippen molar-refractivity contribution in [3.63, 3.8) is 0 Å². The van der Waals surface area contributed by atoms with Crippen LogP contribution in [0.5, 0.6) is 0 Å². The van der Waals surface area contributed by atoms with E-state index in [4.69, 9.17) is 0 Å². The van der Waals surface area contributed by atoms with Gasteiger partial charge in [0.25, 0.3) is 0 Å². The normalized spacial score (nSPS) is 11.5. The maximum atomic E-state index is 2.45. The summed E-state index contributed by atoms with van der Waals surface area (Å²) in [5.41, 5.74) is 14.2. The van der Waals surface area contributed by atoms with Crippen LogP contribution in [0.3, 0.4) is 0 Å². The molecule has 2 heterocycles. The SMILES string of the molecule is c1ccc(-c2ccccc2-c2ccc(N(c3cccc(-c4cccc5c6ccccc6n(-c6ccccc6)c45)c3)c3cccc4c3sc3ccccc34)cc2)cc1. The zero-order valence-corrected chi connectivity index (χ0v) is 31.9. The number of fused-ring (bicyclic) bond motifs is 6. The van der Waals surface area contributed by atoms with Crippen molar-refractivity contribution in [3.8, 4) is 39.1 Å². The van der Waals surface area contributed by atoms with E-state index in [2.05, 4.69) is 228 Å². The fraction of sp³-hybridized carbons (Fsp3) is 0. The van der Waals surface area contributed by atoms with E-state index in [1.54, 1.807) is 0 Å². The molecule has 0 spiro atoms. The van der Waals surface area contributed by atoms with Gasteiger partial charge in [0.2, 0.25) is 0 Å². The van der Waals surface area contributed by atoms with Gasteiger partial charge >= 0.3 is 0 Å². The monoisotopic (exact) mass is 744 g/mol. The maximum Gasteiger partial charge on any atom is 0.0640 e. The van der Waals surface area contributed by atoms with E-state index in [-0.39, 0.29) is 0 Å². The van der Waals surface area contributed by atoms with Crippen LogP contribution in [-0.4, -0.2) is 4.57 Å². The minimum Gasteiger partial charge on any atom is -0.309 e. The highest BCUT2D eigenvalue weighted by molar-refractivity contribution is 7.26. The van der Waals surface area contributed by atoms with Crippen LogP contribution in [0, 0.1) is 0 Å². The summed E-state index contributed by atoms with van der Waals surface area (Å²) >= 11 is 1.86. The zero-order valence-electron chi connectivity index (χ0n) is 31.1. The molecule has 2 aromatic heterocycles. The molecule has 0 amide bonds. The Labute approximate surface area is 335 Å². The lowest BCUT2D eigenvalue weighted by atomic mass is 9.94. The summed E-state index contributed by atoms with van der Waals surface area (Å²) in [5.74, 6) is 0. The fourth-order valence-electron chi connectivity index (χ4n) is 8.64. The smallest absolute Gasteiger partial charge is 0.0640 e. The van der Waals surface area contributed by atoms with E-state index in [0.717, 1.165) is 17.1 Å². The number of hydrogen-bond acceptors (Lipinski definition) is 2. The van der Waals surface area contributed by atoms with Crippen LogP contribution in [0.2, 0.25) is 0 Å². The molecular weight excluding hydrogens is 709 g/mol. The lowest BCUT2D eigenvalue weighted by Crippen LogP contribution is -2.10. The number of thiophene rings is 1. The third kappa shape index (κ3) is 5.63. The van der Waals surface area contributed by atoms with E-state index < -0.39 is 0 Å². The molecule has 0 saturated heterocycles. The first-order valence-corrected chi connectivity index (χ1v) is 20.3. The van der Waals surface area contributed by atoms with E-state index >= 15 is 0 Å². The van der Waals surface area contributed by atoms with Crippen molar-refractivity contribution in [1.82, 2.24) is 4.57 Å². The highest BCUT2D eigenvalue weighted by atomic mass is 32.1. The van der Waals surface area contributed by atoms with Crippen molar-refractivity contribution >= 4 is 70.4 Å². The van der Waals surface area contributed by atoms with Crippen molar-refractivity contribution < 1.29 is 0 Å². The summed E-state index contributed by atoms with van der Waals surface area (Å²) in [5, 5.41) is 5.07. The minimum atomic E-state index is 1.11. The molecule has 11 rings (SSSR count). The molecule has 57 heavy (non-hydrogen) atoms. The Bertz CT molecular complexity index is 3230. The summed E-state index contributed by atoms with van der Waals surface area (Å²) in [6.45, 7) is 0. The molecule has 3 heteroatoms. The van der Waals surface area contributed by atoms with Gasteiger partial charge in [0.15, 0.2) is 0 Å². The average molecular weight is 745 g/mol. The lowest BCUT2D eigenvalue weighted by Gasteiger charge is -2.27. The first-order valence-electron chi connectivity index (χ1n) is 19.4. The van der Waals surface area contributed by atoms with Crippen molar-refractivity contribution in [2.75, 3.05) is 4.90 Å². The van der Waals surface area contributed by atoms with Crippen molar-refractivity contribution in [2.45, 2.75) is 0 Å². The van der Waals surface area contributed by atoms with Crippen LogP contribution in [0.25, 0.3) is 81.0 Å². The maximum absolute atomic E-state index is 2.45. The van der Waals surface area contributed by atoms with Gasteiger partial charge in [-0.25, -0.2) is 0 Å². The molecule has 0 bridgehead atoms. The van der Waals surface area contributed by atoms with E-state index in [1.807, 2.05) is 11.3 Å². The van der Waals surface area contributed by atoms with Gasteiger partial charge in [-0.15, -0.1) is 11.3 Å². The van der Waals surface area contributed by atoms with Crippen LogP contribution in [0.1, 0.15) is 0 Å². The Kier molecular flexibility index (Phi) is 8.04. The predicted molar refractivity (Wildman–Crippen MR) is 245 cm³/mol. The quantitative estimate of drug-likeness (QED) is 0.158. The largest absolute Gasteiger partial charge is 0.309 e. The Morgan fingerprint density at radius 3 is 1.75 bits per heavy atom. The number of para-hydroxylation sites is 3. The molecule has 0 aliphatic heterocycles. The Balaban J connectivity index is 1.11. The first kappa shape index (κ1) is 33.2. The molecule has 0 aliphatic carbocycles. The molecule has 2 nitrogen and oxygen atoms in total. The van der Waals surface area contributed by atoms with E-state index in [0.29, 0.717) is 0 Å². The summed E-state index contributed by atoms with van der Waals surface area (Å²) in [4.78, 5) is 2.45. The Hall–Kier alpha value is -7.20. The molecule has 0 unspecified atom stereocenters. The molecule has 0 N–H and O–H groups in total. The molecule has 0 fully saturated rings. The summed E-state index contributed by atoms with van der Waals surface area (Å²) in [7, 11) is 0. The summed E-state index contributed by atoms with van der Waals surface area (Å²) in [6.07, 6.45) is 0. The van der Waals surface area contributed by atoms with Crippen LogP contribution in [0.4, 0.5) is 17.1 Å². The van der Waals surface area contributed by atoms with Gasteiger partial charge < -0.3 is 9.47 Å². The molecule has 11 aromatic rings. The number of benzene rings is 9. The number of aromatic nitrogens is 1. The molecule has 0 saturated carbocycles. The van der Waals surface area contributed by atoms with Crippen molar-refractivity contribution in [2.24, 2.45) is 0 Å². The zero-order chi connectivity index (χ0) is 37.7. The lowest BCUT2D eigenvalue weighted by molar-refractivity contribution is 1.18. The number of rotatable bonds is 7. The molecule has 0 aliphatic rings. The van der Waals surface area contributed by atoms with Crippen LogP contribution in [-0.2, 0) is 0 Å². The standard InChI is InChI=1S/C54H36N2S/c1-3-16-37(17-4-1)43-22-7-8-23-44(43)38-32-34-41(35-33-38)55(51-30-15-28-49-47-25-10-12-31-52(47)57-54(49)51)42-21-13-18-39(36-42)45-26-14-27-48-46-24-9-11-29-50(46)56(53(45)48)40-19-5-2-6-20-40/h1-36H. The van der Waals surface area contributed by atoms with Crippen LogP contribution >= 0.6 is 11.3 Å². The number of nitrogens with zero attached hydrogens (tertiary/aromatic N) is 2. The van der Waals surface area contributed by atoms with E-state index in [1.165, 1.54) is 81.0 Å². The second-order valence-electron chi connectivity index (χ2n) is 14.5. The topological polar surface area (TPSA) is 8.17 Å². The van der Waals surface area contributed by atoms with Gasteiger partial charge in [-0.2, -0.15) is 0 Å². The van der Waals surface area contributed by atoms with Gasteiger partial charge in [0, 0.05) is 48.9 Å². The Morgan fingerprint density at radius 2 is 0.947 bits per heavy atom. The Morgan fingerprint density at radius 1 is 0.368 bits per heavy atom. The second-order valence-corrected chi connectivity index (χ2v) is 15.5. The van der Waals surface area contributed by atoms with Gasteiger partial charge in [0.1, 0.15) is 0 Å². The van der Waals surface area contributed by atoms with Crippen molar-refractivity contribution in [1.29, 1.82) is 0 Å². The molecule has 0 atom stereocenters. The second kappa shape index (κ2) is 13.8. The molecular formula is C54H36N2S. The summed E-state index contributed by atoms with van der Waals surface area (Å²) < 4.78 is 4.99. The summed E-state index contributed by atoms with van der Waals surface area (Å²) in [6, 6.07) is 79.3.